The molecule has 1 atom stereocenters. The van der Waals surface area contributed by atoms with Crippen LogP contribution in [-0.4, -0.2) is 17.1 Å². The second-order valence-corrected chi connectivity index (χ2v) is 4.32. The summed E-state index contributed by atoms with van der Waals surface area (Å²) in [4.78, 5) is 10.7. The molecule has 2 rings (SSSR count). The zero-order valence-electron chi connectivity index (χ0n) is 8.01. The fraction of sp³-hybridized carbons (Fsp3) is 0.182. The number of fused-ring (bicyclic) bond motifs is 1. The van der Waals surface area contributed by atoms with Crippen LogP contribution in [-0.2, 0) is 11.2 Å². The van der Waals surface area contributed by atoms with E-state index in [0.29, 0.717) is 6.42 Å². The lowest BCUT2D eigenvalue weighted by molar-refractivity contribution is -0.138. The molecule has 0 aliphatic rings. The number of nitrogens with two attached hydrogens (primary N) is 1. The minimum Gasteiger partial charge on any atom is -0.480 e. The Bertz CT molecular complexity index is 492. The average Bonchev–Trinajstić information content (AvgIpc) is 2.66. The van der Waals surface area contributed by atoms with Crippen LogP contribution in [0.1, 0.15) is 5.56 Å². The van der Waals surface area contributed by atoms with Crippen LogP contribution >= 0.6 is 11.3 Å². The van der Waals surface area contributed by atoms with E-state index in [9.17, 15) is 4.79 Å². The van der Waals surface area contributed by atoms with E-state index in [1.165, 1.54) is 0 Å². The monoisotopic (exact) mass is 221 g/mol. The Balaban J connectivity index is 2.35. The molecule has 78 valence electrons. The molecule has 0 bridgehead atoms. The minimum absolute atomic E-state index is 0.382. The second kappa shape index (κ2) is 4.00. The number of carboxylic acids is 1. The molecule has 0 aliphatic carbocycles. The van der Waals surface area contributed by atoms with Crippen LogP contribution in [0.4, 0.5) is 0 Å². The van der Waals surface area contributed by atoms with Gasteiger partial charge >= 0.3 is 5.97 Å². The van der Waals surface area contributed by atoms with E-state index in [1.807, 2.05) is 29.6 Å². The van der Waals surface area contributed by atoms with Crippen LogP contribution in [0.5, 0.6) is 0 Å². The maximum Gasteiger partial charge on any atom is 0.320 e. The molecule has 3 nitrogen and oxygen atoms in total. The molecule has 1 heterocycles. The van der Waals surface area contributed by atoms with Crippen molar-refractivity contribution in [2.75, 3.05) is 0 Å². The van der Waals surface area contributed by atoms with E-state index in [4.69, 9.17) is 10.8 Å². The van der Waals surface area contributed by atoms with Gasteiger partial charge in [-0.2, -0.15) is 0 Å². The Hall–Kier alpha value is -1.39. The van der Waals surface area contributed by atoms with Gasteiger partial charge in [0.2, 0.25) is 0 Å². The van der Waals surface area contributed by atoms with Gasteiger partial charge in [0.1, 0.15) is 6.04 Å². The lowest BCUT2D eigenvalue weighted by Crippen LogP contribution is -2.32. The van der Waals surface area contributed by atoms with Crippen molar-refractivity contribution in [1.82, 2.24) is 0 Å². The molecule has 0 fully saturated rings. The molecule has 3 N–H and O–H groups in total. The maximum absolute atomic E-state index is 10.7. The van der Waals surface area contributed by atoms with Gasteiger partial charge in [0.25, 0.3) is 0 Å². The van der Waals surface area contributed by atoms with Gasteiger partial charge in [-0.15, -0.1) is 11.3 Å². The number of thiophene rings is 1. The number of aliphatic carboxylic acids is 1. The van der Waals surface area contributed by atoms with Gasteiger partial charge < -0.3 is 10.8 Å². The first-order chi connectivity index (χ1) is 7.18. The van der Waals surface area contributed by atoms with Gasteiger partial charge in [0.15, 0.2) is 0 Å². The summed E-state index contributed by atoms with van der Waals surface area (Å²) in [6, 6.07) is 7.08. The van der Waals surface area contributed by atoms with Crippen LogP contribution in [0.25, 0.3) is 10.1 Å². The van der Waals surface area contributed by atoms with E-state index in [2.05, 4.69) is 0 Å². The van der Waals surface area contributed by atoms with E-state index < -0.39 is 12.0 Å². The Morgan fingerprint density at radius 3 is 3.00 bits per heavy atom. The molecule has 1 aromatic heterocycles. The van der Waals surface area contributed by atoms with Crippen LogP contribution in [0.2, 0.25) is 0 Å². The second-order valence-electron chi connectivity index (χ2n) is 3.40. The summed E-state index contributed by atoms with van der Waals surface area (Å²) < 4.78 is 1.13. The molecule has 0 radical (unpaired) electrons. The number of benzene rings is 1. The molecule has 0 spiro atoms. The highest BCUT2D eigenvalue weighted by Crippen LogP contribution is 2.25. The molecule has 1 aromatic carbocycles. The van der Waals surface area contributed by atoms with Crippen molar-refractivity contribution in [2.24, 2.45) is 5.73 Å². The molecule has 0 unspecified atom stereocenters. The van der Waals surface area contributed by atoms with Crippen LogP contribution in [0.3, 0.4) is 0 Å². The van der Waals surface area contributed by atoms with Crippen LogP contribution < -0.4 is 5.73 Å². The molecule has 2 aromatic rings. The first-order valence-electron chi connectivity index (χ1n) is 4.62. The summed E-state index contributed by atoms with van der Waals surface area (Å²) >= 11 is 1.62. The number of hydrogen-bond donors (Lipinski definition) is 2. The summed E-state index contributed by atoms with van der Waals surface area (Å²) in [6.45, 7) is 0. The lowest BCUT2D eigenvalue weighted by Gasteiger charge is -2.07. The van der Waals surface area contributed by atoms with Crippen LogP contribution in [0.15, 0.2) is 29.6 Å². The number of carboxylic acid groups (broad SMARTS) is 1. The molecular formula is C11H11NO2S. The Labute approximate surface area is 91.1 Å². The molecule has 0 saturated carbocycles. The van der Waals surface area contributed by atoms with Gasteiger partial charge in [0, 0.05) is 4.70 Å². The normalized spacial score (nSPS) is 12.9. The van der Waals surface area contributed by atoms with Crippen molar-refractivity contribution in [3.63, 3.8) is 0 Å². The largest absolute Gasteiger partial charge is 0.480 e. The van der Waals surface area contributed by atoms with Gasteiger partial charge in [-0.3, -0.25) is 4.79 Å². The third-order valence-electron chi connectivity index (χ3n) is 2.32. The van der Waals surface area contributed by atoms with Gasteiger partial charge in [-0.1, -0.05) is 18.2 Å². The van der Waals surface area contributed by atoms with Gasteiger partial charge in [-0.05, 0) is 28.8 Å². The minimum atomic E-state index is -0.955. The van der Waals surface area contributed by atoms with Crippen molar-refractivity contribution in [2.45, 2.75) is 12.5 Å². The van der Waals surface area contributed by atoms with E-state index in [1.54, 1.807) is 11.3 Å². The summed E-state index contributed by atoms with van der Waals surface area (Å²) in [5.74, 6) is -0.955. The summed E-state index contributed by atoms with van der Waals surface area (Å²) in [6.07, 6.45) is 0.382. The number of hydrogen-bond acceptors (Lipinski definition) is 3. The average molecular weight is 221 g/mol. The molecule has 15 heavy (non-hydrogen) atoms. The molecule has 0 aliphatic heterocycles. The van der Waals surface area contributed by atoms with Gasteiger partial charge in [0.05, 0.1) is 0 Å². The van der Waals surface area contributed by atoms with Crippen molar-refractivity contribution in [3.8, 4) is 0 Å². The fourth-order valence-corrected chi connectivity index (χ4v) is 2.47. The van der Waals surface area contributed by atoms with Gasteiger partial charge in [-0.25, -0.2) is 0 Å². The van der Waals surface area contributed by atoms with Crippen LogP contribution in [0, 0.1) is 0 Å². The van der Waals surface area contributed by atoms with E-state index in [0.717, 1.165) is 15.6 Å². The Morgan fingerprint density at radius 1 is 1.47 bits per heavy atom. The van der Waals surface area contributed by atoms with E-state index >= 15 is 0 Å². The van der Waals surface area contributed by atoms with Crippen molar-refractivity contribution < 1.29 is 9.90 Å². The Kier molecular flexibility index (Phi) is 2.70. The standard InChI is InChI=1S/C11H11NO2S/c12-9(11(13)14)6-8-3-1-2-7-4-5-15-10(7)8/h1-5,9H,6,12H2,(H,13,14)/t9-/m1/s1. The first kappa shape index (κ1) is 10.1. The zero-order valence-corrected chi connectivity index (χ0v) is 8.83. The summed E-state index contributed by atoms with van der Waals surface area (Å²) in [7, 11) is 0. The van der Waals surface area contributed by atoms with Crippen molar-refractivity contribution in [3.05, 3.63) is 35.2 Å². The Morgan fingerprint density at radius 2 is 2.27 bits per heavy atom. The molecular weight excluding hydrogens is 210 g/mol. The molecule has 4 heteroatoms. The predicted molar refractivity (Wildman–Crippen MR) is 61.1 cm³/mol. The molecule has 0 amide bonds. The highest BCUT2D eigenvalue weighted by Gasteiger charge is 2.13. The third kappa shape index (κ3) is 2.00. The first-order valence-corrected chi connectivity index (χ1v) is 5.50. The topological polar surface area (TPSA) is 63.3 Å². The molecule has 0 saturated heterocycles. The third-order valence-corrected chi connectivity index (χ3v) is 3.32. The zero-order chi connectivity index (χ0) is 10.8. The smallest absolute Gasteiger partial charge is 0.320 e. The predicted octanol–water partition coefficient (Wildman–Crippen LogP) is 1.86. The maximum atomic E-state index is 10.7. The van der Waals surface area contributed by atoms with E-state index in [-0.39, 0.29) is 0 Å². The quantitative estimate of drug-likeness (QED) is 0.831. The highest BCUT2D eigenvalue weighted by atomic mass is 32.1. The highest BCUT2D eigenvalue weighted by molar-refractivity contribution is 7.17. The SMILES string of the molecule is N[C@H](Cc1cccc2ccsc12)C(=O)O. The summed E-state index contributed by atoms with van der Waals surface area (Å²) in [5, 5.41) is 11.9. The lowest BCUT2D eigenvalue weighted by atomic mass is 10.1. The fourth-order valence-electron chi connectivity index (χ4n) is 1.54. The number of carbonyl (C=O) groups is 1. The van der Waals surface area contributed by atoms with Crippen molar-refractivity contribution >= 4 is 27.4 Å². The summed E-state index contributed by atoms with van der Waals surface area (Å²) in [5.41, 5.74) is 6.52. The number of rotatable bonds is 3. The van der Waals surface area contributed by atoms with Crippen molar-refractivity contribution in [1.29, 1.82) is 0 Å².